The van der Waals surface area contributed by atoms with Gasteiger partial charge in [0.25, 0.3) is 0 Å². The van der Waals surface area contributed by atoms with Crippen molar-refractivity contribution in [3.63, 3.8) is 0 Å². The summed E-state index contributed by atoms with van der Waals surface area (Å²) in [4.78, 5) is 30.2. The van der Waals surface area contributed by atoms with Crippen LogP contribution in [0.1, 0.15) is 12.5 Å². The van der Waals surface area contributed by atoms with Crippen LogP contribution in [0, 0.1) is 0 Å². The van der Waals surface area contributed by atoms with E-state index in [4.69, 9.17) is 0 Å². The Morgan fingerprint density at radius 1 is 1.20 bits per heavy atom. The highest BCUT2D eigenvalue weighted by atomic mass is 16.2. The molecule has 2 aromatic heterocycles. The maximum Gasteiger partial charge on any atom is 0.313 e. The minimum absolute atomic E-state index is 0.469. The molecule has 0 unspecified atom stereocenters. The van der Waals surface area contributed by atoms with Gasteiger partial charge in [-0.15, -0.1) is 0 Å². The van der Waals surface area contributed by atoms with Gasteiger partial charge in [0.05, 0.1) is 11.7 Å². The van der Waals surface area contributed by atoms with Crippen molar-refractivity contribution in [3.05, 3.63) is 54.5 Å². The summed E-state index contributed by atoms with van der Waals surface area (Å²) in [5.74, 6) is -1.18. The number of amides is 2. The largest absolute Gasteiger partial charge is 0.334 e. The number of H-pyrrole nitrogens is 1. The number of nitrogens with one attached hydrogen (secondary N) is 2. The third-order valence-corrected chi connectivity index (χ3v) is 3.98. The Labute approximate surface area is 145 Å². The lowest BCUT2D eigenvalue weighted by molar-refractivity contribution is -0.143. The molecule has 0 aliphatic heterocycles. The monoisotopic (exact) mass is 337 g/mol. The van der Waals surface area contributed by atoms with Crippen molar-refractivity contribution in [2.45, 2.75) is 13.3 Å². The summed E-state index contributed by atoms with van der Waals surface area (Å²) >= 11 is 0. The average molecular weight is 337 g/mol. The van der Waals surface area contributed by atoms with Crippen molar-refractivity contribution in [2.75, 3.05) is 18.4 Å². The first-order chi connectivity index (χ1) is 12.2. The minimum Gasteiger partial charge on any atom is -0.334 e. The van der Waals surface area contributed by atoms with E-state index < -0.39 is 11.8 Å². The van der Waals surface area contributed by atoms with Gasteiger partial charge in [-0.25, -0.2) is 0 Å². The Kier molecular flexibility index (Phi) is 5.03. The van der Waals surface area contributed by atoms with E-state index in [-0.39, 0.29) is 0 Å². The molecule has 0 saturated carbocycles. The van der Waals surface area contributed by atoms with Gasteiger partial charge in [0, 0.05) is 36.6 Å². The third kappa shape index (κ3) is 4.00. The Morgan fingerprint density at radius 2 is 2.00 bits per heavy atom. The molecule has 25 heavy (non-hydrogen) atoms. The van der Waals surface area contributed by atoms with Crippen molar-refractivity contribution >= 4 is 28.4 Å². The molecule has 128 valence electrons. The summed E-state index contributed by atoms with van der Waals surface area (Å²) in [6.07, 6.45) is 5.80. The van der Waals surface area contributed by atoms with E-state index in [1.54, 1.807) is 30.7 Å². The zero-order valence-corrected chi connectivity index (χ0v) is 13.9. The number of hydrogen-bond donors (Lipinski definition) is 2. The highest BCUT2D eigenvalue weighted by Crippen LogP contribution is 2.16. The van der Waals surface area contributed by atoms with Gasteiger partial charge in [0.1, 0.15) is 0 Å². The molecular formula is C18H19N5O2. The first-order valence-corrected chi connectivity index (χ1v) is 8.09. The number of likely N-dealkylation sites (N-methyl/N-ethyl adjacent to an activating group) is 1. The molecular weight excluding hydrogens is 318 g/mol. The first-order valence-electron chi connectivity index (χ1n) is 8.09. The molecule has 7 heteroatoms. The van der Waals surface area contributed by atoms with Crippen LogP contribution in [0.2, 0.25) is 0 Å². The van der Waals surface area contributed by atoms with Gasteiger partial charge >= 0.3 is 11.8 Å². The van der Waals surface area contributed by atoms with Crippen molar-refractivity contribution in [1.29, 1.82) is 0 Å². The molecule has 2 heterocycles. The molecule has 2 N–H and O–H groups in total. The quantitative estimate of drug-likeness (QED) is 0.697. The summed E-state index contributed by atoms with van der Waals surface area (Å²) in [6.45, 7) is 2.80. The van der Waals surface area contributed by atoms with Crippen molar-refractivity contribution < 1.29 is 9.59 Å². The number of nitrogens with zero attached hydrogens (tertiary/aromatic N) is 3. The van der Waals surface area contributed by atoms with Gasteiger partial charge < -0.3 is 10.2 Å². The molecule has 0 aliphatic rings. The normalized spacial score (nSPS) is 10.6. The zero-order valence-electron chi connectivity index (χ0n) is 13.9. The van der Waals surface area contributed by atoms with E-state index in [2.05, 4.69) is 20.5 Å². The number of carbonyl (C=O) groups is 2. The number of aromatic amines is 1. The van der Waals surface area contributed by atoms with Gasteiger partial charge in [0.2, 0.25) is 0 Å². The Balaban J connectivity index is 1.62. The fourth-order valence-corrected chi connectivity index (χ4v) is 2.56. The fraction of sp³-hybridized carbons (Fsp3) is 0.222. The predicted molar refractivity (Wildman–Crippen MR) is 94.9 cm³/mol. The average Bonchev–Trinajstić information content (AvgIpc) is 3.10. The smallest absolute Gasteiger partial charge is 0.313 e. The molecule has 0 fully saturated rings. The van der Waals surface area contributed by atoms with Crippen LogP contribution in [-0.4, -0.2) is 45.0 Å². The number of benzene rings is 1. The second-order valence-electron chi connectivity index (χ2n) is 5.62. The van der Waals surface area contributed by atoms with Crippen molar-refractivity contribution in [3.8, 4) is 0 Å². The van der Waals surface area contributed by atoms with E-state index in [0.29, 0.717) is 25.2 Å². The number of fused-ring (bicyclic) bond motifs is 1. The van der Waals surface area contributed by atoms with Crippen molar-refractivity contribution in [2.24, 2.45) is 0 Å². The minimum atomic E-state index is -0.643. The van der Waals surface area contributed by atoms with Gasteiger partial charge in [-0.05, 0) is 49.2 Å². The lowest BCUT2D eigenvalue weighted by atomic mass is 10.2. The van der Waals surface area contributed by atoms with Crippen LogP contribution in [0.3, 0.4) is 0 Å². The van der Waals surface area contributed by atoms with Crippen LogP contribution in [0.25, 0.3) is 10.9 Å². The molecule has 0 radical (unpaired) electrons. The topological polar surface area (TPSA) is 91.0 Å². The summed E-state index contributed by atoms with van der Waals surface area (Å²) in [5, 5.41) is 10.4. The summed E-state index contributed by atoms with van der Waals surface area (Å²) in [6, 6.07) is 9.13. The van der Waals surface area contributed by atoms with Gasteiger partial charge in [-0.2, -0.15) is 5.10 Å². The Hall–Kier alpha value is -3.22. The van der Waals surface area contributed by atoms with Crippen LogP contribution in [0.4, 0.5) is 5.69 Å². The lowest BCUT2D eigenvalue weighted by Crippen LogP contribution is -2.40. The number of rotatable bonds is 5. The Morgan fingerprint density at radius 3 is 2.76 bits per heavy atom. The molecule has 7 nitrogen and oxygen atoms in total. The van der Waals surface area contributed by atoms with Gasteiger partial charge in [-0.3, -0.25) is 19.7 Å². The van der Waals surface area contributed by atoms with Crippen LogP contribution >= 0.6 is 0 Å². The van der Waals surface area contributed by atoms with Crippen molar-refractivity contribution in [1.82, 2.24) is 20.1 Å². The van der Waals surface area contributed by atoms with Gasteiger partial charge in [-0.1, -0.05) is 0 Å². The molecule has 3 aromatic rings. The van der Waals surface area contributed by atoms with E-state index >= 15 is 0 Å². The SMILES string of the molecule is CCN(CCc1ccncc1)C(=O)C(=O)Nc1ccc2cn[nH]c2c1. The summed E-state index contributed by atoms with van der Waals surface area (Å²) in [7, 11) is 0. The molecule has 0 aliphatic carbocycles. The van der Waals surface area contributed by atoms with Crippen LogP contribution < -0.4 is 5.32 Å². The molecule has 0 saturated heterocycles. The zero-order chi connectivity index (χ0) is 17.6. The highest BCUT2D eigenvalue weighted by Gasteiger charge is 2.20. The van der Waals surface area contributed by atoms with Crippen LogP contribution in [0.5, 0.6) is 0 Å². The number of aromatic nitrogens is 3. The number of pyridine rings is 1. The van der Waals surface area contributed by atoms with Crippen LogP contribution in [-0.2, 0) is 16.0 Å². The standard InChI is InChI=1S/C18H19N5O2/c1-2-23(10-7-13-5-8-19-9-6-13)18(25)17(24)21-15-4-3-14-12-20-22-16(14)11-15/h3-6,8-9,11-12H,2,7,10H2,1H3,(H,20,22)(H,21,24). The molecule has 3 rings (SSSR count). The maximum atomic E-state index is 12.4. The Bertz CT molecular complexity index is 875. The van der Waals surface area contributed by atoms with Crippen LogP contribution in [0.15, 0.2) is 48.9 Å². The molecule has 2 amide bonds. The predicted octanol–water partition coefficient (Wildman–Crippen LogP) is 1.99. The second-order valence-corrected chi connectivity index (χ2v) is 5.62. The molecule has 1 aromatic carbocycles. The molecule has 0 atom stereocenters. The second kappa shape index (κ2) is 7.57. The van der Waals surface area contributed by atoms with E-state index in [0.717, 1.165) is 16.5 Å². The lowest BCUT2D eigenvalue weighted by Gasteiger charge is -2.20. The van der Waals surface area contributed by atoms with E-state index in [1.807, 2.05) is 25.1 Å². The molecule has 0 spiro atoms. The summed E-state index contributed by atoms with van der Waals surface area (Å²) < 4.78 is 0. The molecule has 0 bridgehead atoms. The number of carbonyl (C=O) groups excluding carboxylic acids is 2. The fourth-order valence-electron chi connectivity index (χ4n) is 2.56. The van der Waals surface area contributed by atoms with Gasteiger partial charge in [0.15, 0.2) is 0 Å². The first kappa shape index (κ1) is 16.6. The summed E-state index contributed by atoms with van der Waals surface area (Å²) in [5.41, 5.74) is 2.43. The third-order valence-electron chi connectivity index (χ3n) is 3.98. The maximum absolute atomic E-state index is 12.4. The number of anilines is 1. The van der Waals surface area contributed by atoms with E-state index in [1.165, 1.54) is 4.90 Å². The highest BCUT2D eigenvalue weighted by molar-refractivity contribution is 6.39. The number of hydrogen-bond acceptors (Lipinski definition) is 4. The van der Waals surface area contributed by atoms with E-state index in [9.17, 15) is 9.59 Å².